The van der Waals surface area contributed by atoms with E-state index in [2.05, 4.69) is 9.27 Å². The standard InChI is InChI=1S/C9H9N3O6S.Na/c13-9-11-3-1-6(8-10-2-4-17-8)7(5-11)12(9)18-19(14,15)16;/h1-2,4,7H,3,5H2,(H,14,15,16);/q;+1/p-1. The SMILES string of the molecule is O=C1N2CC=C(c3ncco3)C(C2)N1OS(=O)(=O)[O-].[Na+]. The number of carbonyl (C=O) groups is 1. The van der Waals surface area contributed by atoms with Crippen LogP contribution in [-0.2, 0) is 14.7 Å². The van der Waals surface area contributed by atoms with Crippen LogP contribution in [0.4, 0.5) is 4.79 Å². The summed E-state index contributed by atoms with van der Waals surface area (Å²) in [5.74, 6) is 0.260. The van der Waals surface area contributed by atoms with Crippen LogP contribution in [0.25, 0.3) is 5.57 Å². The summed E-state index contributed by atoms with van der Waals surface area (Å²) in [7, 11) is -5.02. The van der Waals surface area contributed by atoms with Crippen molar-refractivity contribution >= 4 is 22.0 Å². The molecule has 0 N–H and O–H groups in total. The molecule has 1 saturated heterocycles. The monoisotopic (exact) mass is 309 g/mol. The third-order valence-corrected chi connectivity index (χ3v) is 3.22. The molecular weight excluding hydrogens is 301 g/mol. The molecule has 2 bridgehead atoms. The van der Waals surface area contributed by atoms with Crippen LogP contribution in [0.3, 0.4) is 0 Å². The number of urea groups is 1. The van der Waals surface area contributed by atoms with E-state index in [0.29, 0.717) is 10.6 Å². The van der Waals surface area contributed by atoms with Gasteiger partial charge < -0.3 is 13.9 Å². The minimum atomic E-state index is -5.02. The first-order chi connectivity index (χ1) is 8.96. The summed E-state index contributed by atoms with van der Waals surface area (Å²) in [5, 5.41) is 0.547. The molecule has 2 amide bonds. The quantitative estimate of drug-likeness (QED) is 0.324. The van der Waals surface area contributed by atoms with Crippen molar-refractivity contribution in [3.05, 3.63) is 24.4 Å². The average Bonchev–Trinajstić information content (AvgIpc) is 2.93. The number of nitrogens with zero attached hydrogens (tertiary/aromatic N) is 3. The first-order valence-corrected chi connectivity index (χ1v) is 6.62. The number of amides is 2. The van der Waals surface area contributed by atoms with Crippen LogP contribution >= 0.6 is 0 Å². The minimum absolute atomic E-state index is 0. The summed E-state index contributed by atoms with van der Waals surface area (Å²) in [6, 6.07) is -1.41. The molecule has 0 aromatic carbocycles. The number of rotatable bonds is 3. The summed E-state index contributed by atoms with van der Waals surface area (Å²) < 4.78 is 41.3. The smallest absolute Gasteiger partial charge is 0.724 e. The van der Waals surface area contributed by atoms with E-state index >= 15 is 0 Å². The van der Waals surface area contributed by atoms with Crippen LogP contribution in [0.2, 0.25) is 0 Å². The summed E-state index contributed by atoms with van der Waals surface area (Å²) in [6.07, 6.45) is 4.46. The Hall–Kier alpha value is -0.910. The third kappa shape index (κ3) is 2.75. The van der Waals surface area contributed by atoms with Crippen molar-refractivity contribution in [1.82, 2.24) is 14.9 Å². The molecule has 0 spiro atoms. The molecule has 0 radical (unpaired) electrons. The fraction of sp³-hybridized carbons (Fsp3) is 0.333. The van der Waals surface area contributed by atoms with Crippen molar-refractivity contribution in [1.29, 1.82) is 0 Å². The van der Waals surface area contributed by atoms with E-state index < -0.39 is 22.5 Å². The maximum absolute atomic E-state index is 11.8. The third-order valence-electron chi connectivity index (χ3n) is 2.88. The van der Waals surface area contributed by atoms with Gasteiger partial charge in [-0.25, -0.2) is 18.2 Å². The van der Waals surface area contributed by atoms with Gasteiger partial charge in [-0.15, -0.1) is 0 Å². The Labute approximate surface area is 136 Å². The first-order valence-electron chi connectivity index (χ1n) is 5.29. The van der Waals surface area contributed by atoms with Gasteiger partial charge in [0.2, 0.25) is 16.3 Å². The van der Waals surface area contributed by atoms with Gasteiger partial charge in [0.15, 0.2) is 0 Å². The maximum Gasteiger partial charge on any atom is 1.00 e. The van der Waals surface area contributed by atoms with Gasteiger partial charge in [0.1, 0.15) is 12.3 Å². The van der Waals surface area contributed by atoms with Gasteiger partial charge in [-0.2, -0.15) is 9.35 Å². The molecule has 1 aromatic rings. The van der Waals surface area contributed by atoms with E-state index in [-0.39, 0.29) is 48.5 Å². The molecular formula is C9H8N3NaO6S. The molecule has 0 aliphatic carbocycles. The van der Waals surface area contributed by atoms with Crippen molar-refractivity contribution in [3.63, 3.8) is 0 Å². The predicted molar refractivity (Wildman–Crippen MR) is 57.9 cm³/mol. The Morgan fingerprint density at radius 3 is 2.85 bits per heavy atom. The molecule has 1 unspecified atom stereocenters. The molecule has 11 heteroatoms. The minimum Gasteiger partial charge on any atom is -0.724 e. The number of hydroxylamine groups is 2. The van der Waals surface area contributed by atoms with Gasteiger partial charge in [-0.3, -0.25) is 0 Å². The maximum atomic E-state index is 11.8. The largest absolute Gasteiger partial charge is 1.00 e. The van der Waals surface area contributed by atoms with E-state index in [1.165, 1.54) is 17.4 Å². The first kappa shape index (κ1) is 15.5. The van der Waals surface area contributed by atoms with Crippen molar-refractivity contribution in [2.45, 2.75) is 6.04 Å². The molecule has 2 aliphatic rings. The van der Waals surface area contributed by atoms with Crippen molar-refractivity contribution < 1.29 is 56.0 Å². The Kier molecular flexibility index (Phi) is 4.23. The second-order valence-electron chi connectivity index (χ2n) is 4.01. The van der Waals surface area contributed by atoms with Crippen molar-refractivity contribution in [3.8, 4) is 0 Å². The molecule has 1 atom stereocenters. The van der Waals surface area contributed by atoms with Crippen LogP contribution in [0, 0.1) is 0 Å². The summed E-state index contributed by atoms with van der Waals surface area (Å²) in [6.45, 7) is 0.481. The van der Waals surface area contributed by atoms with E-state index in [4.69, 9.17) is 4.42 Å². The molecule has 1 fully saturated rings. The van der Waals surface area contributed by atoms with Crippen LogP contribution in [0.5, 0.6) is 0 Å². The van der Waals surface area contributed by atoms with Crippen molar-refractivity contribution in [2.75, 3.05) is 13.1 Å². The van der Waals surface area contributed by atoms with Crippen LogP contribution in [0.15, 0.2) is 23.0 Å². The molecule has 3 heterocycles. The van der Waals surface area contributed by atoms with Gasteiger partial charge in [0.05, 0.1) is 12.7 Å². The van der Waals surface area contributed by atoms with Crippen LogP contribution in [-0.4, -0.2) is 53.1 Å². The number of carbonyl (C=O) groups excluding carboxylic acids is 1. The normalized spacial score (nSPS) is 21.8. The summed E-state index contributed by atoms with van der Waals surface area (Å²) in [5.41, 5.74) is 0.510. The van der Waals surface area contributed by atoms with E-state index in [1.807, 2.05) is 0 Å². The van der Waals surface area contributed by atoms with E-state index in [0.717, 1.165) is 0 Å². The molecule has 20 heavy (non-hydrogen) atoms. The molecule has 9 nitrogen and oxygen atoms in total. The zero-order chi connectivity index (χ0) is 13.6. The average molecular weight is 309 g/mol. The molecule has 3 rings (SSSR count). The number of hydrogen-bond donors (Lipinski definition) is 0. The fourth-order valence-corrected chi connectivity index (χ4v) is 2.50. The van der Waals surface area contributed by atoms with E-state index in [1.54, 1.807) is 6.08 Å². The zero-order valence-electron chi connectivity index (χ0n) is 10.4. The predicted octanol–water partition coefficient (Wildman–Crippen LogP) is -3.43. The summed E-state index contributed by atoms with van der Waals surface area (Å²) >= 11 is 0. The van der Waals surface area contributed by atoms with Gasteiger partial charge in [0.25, 0.3) is 0 Å². The summed E-state index contributed by atoms with van der Waals surface area (Å²) in [4.78, 5) is 17.1. The van der Waals surface area contributed by atoms with Crippen LogP contribution in [0.1, 0.15) is 5.89 Å². The zero-order valence-corrected chi connectivity index (χ0v) is 13.2. The van der Waals surface area contributed by atoms with Gasteiger partial charge >= 0.3 is 35.6 Å². The topological polar surface area (TPSA) is 116 Å². The van der Waals surface area contributed by atoms with E-state index in [9.17, 15) is 17.8 Å². The Morgan fingerprint density at radius 2 is 2.25 bits per heavy atom. The molecule has 102 valence electrons. The van der Waals surface area contributed by atoms with Gasteiger partial charge in [0, 0.05) is 12.1 Å². The van der Waals surface area contributed by atoms with Gasteiger partial charge in [-0.1, -0.05) is 6.08 Å². The Morgan fingerprint density at radius 1 is 1.50 bits per heavy atom. The van der Waals surface area contributed by atoms with Gasteiger partial charge in [-0.05, 0) is 0 Å². The fourth-order valence-electron chi connectivity index (χ4n) is 2.13. The Bertz CT molecular complexity index is 643. The molecule has 0 saturated carbocycles. The number of aromatic nitrogens is 1. The molecule has 1 aromatic heterocycles. The number of oxazole rings is 1. The van der Waals surface area contributed by atoms with Crippen LogP contribution < -0.4 is 29.6 Å². The number of hydrogen-bond acceptors (Lipinski definition) is 7. The second-order valence-corrected chi connectivity index (χ2v) is 4.97. The Balaban J connectivity index is 0.00000147. The van der Waals surface area contributed by atoms with Crippen molar-refractivity contribution in [2.24, 2.45) is 0 Å². The number of fused-ring (bicyclic) bond motifs is 2. The molecule has 2 aliphatic heterocycles. The second kappa shape index (κ2) is 5.47.